The third-order valence-electron chi connectivity index (χ3n) is 2.52. The molecule has 1 N–H and O–H groups in total. The molecule has 1 aromatic rings. The molecular formula is C13H19Cl2N. The minimum Gasteiger partial charge on any atom is -0.316 e. The lowest BCUT2D eigenvalue weighted by Crippen LogP contribution is -2.24. The predicted molar refractivity (Wildman–Crippen MR) is 72.6 cm³/mol. The van der Waals surface area contributed by atoms with Crippen molar-refractivity contribution in [3.05, 3.63) is 33.8 Å². The average molecular weight is 260 g/mol. The molecule has 1 atom stereocenters. The average Bonchev–Trinajstić information content (AvgIpc) is 2.21. The van der Waals surface area contributed by atoms with Crippen molar-refractivity contribution in [1.29, 1.82) is 0 Å². The molecule has 1 nitrogen and oxygen atoms in total. The van der Waals surface area contributed by atoms with Crippen LogP contribution in [0.15, 0.2) is 18.2 Å². The van der Waals surface area contributed by atoms with Gasteiger partial charge in [0.2, 0.25) is 0 Å². The van der Waals surface area contributed by atoms with E-state index in [9.17, 15) is 0 Å². The largest absolute Gasteiger partial charge is 0.316 e. The zero-order valence-corrected chi connectivity index (χ0v) is 11.6. The molecule has 0 heterocycles. The first kappa shape index (κ1) is 13.8. The Labute approximate surface area is 108 Å². The predicted octanol–water partition coefficient (Wildman–Crippen LogP) is 4.34. The molecule has 90 valence electrons. The van der Waals surface area contributed by atoms with Gasteiger partial charge in [-0.15, -0.1) is 0 Å². The molecule has 1 aromatic carbocycles. The van der Waals surface area contributed by atoms with Crippen LogP contribution < -0.4 is 5.32 Å². The summed E-state index contributed by atoms with van der Waals surface area (Å²) in [5.74, 6) is 1.13. The Hall–Kier alpha value is -0.240. The van der Waals surface area contributed by atoms with Gasteiger partial charge >= 0.3 is 0 Å². The third-order valence-corrected chi connectivity index (χ3v) is 3.25. The maximum Gasteiger partial charge on any atom is 0.0595 e. The Morgan fingerprint density at radius 1 is 1.06 bits per heavy atom. The zero-order valence-electron chi connectivity index (χ0n) is 10.1. The van der Waals surface area contributed by atoms with Crippen molar-refractivity contribution in [2.75, 3.05) is 13.1 Å². The molecule has 1 rings (SSSR count). The highest BCUT2D eigenvalue weighted by atomic mass is 35.5. The van der Waals surface area contributed by atoms with Gasteiger partial charge in [0.15, 0.2) is 0 Å². The van der Waals surface area contributed by atoms with Gasteiger partial charge < -0.3 is 5.32 Å². The van der Waals surface area contributed by atoms with Gasteiger partial charge in [0.1, 0.15) is 0 Å². The molecular weight excluding hydrogens is 241 g/mol. The number of hydrogen-bond acceptors (Lipinski definition) is 1. The number of benzene rings is 1. The van der Waals surface area contributed by atoms with Gasteiger partial charge in [-0.2, -0.15) is 0 Å². The molecule has 0 aliphatic carbocycles. The Bertz CT molecular complexity index is 337. The quantitative estimate of drug-likeness (QED) is 0.830. The molecule has 0 fully saturated rings. The van der Waals surface area contributed by atoms with Crippen LogP contribution in [0.1, 0.15) is 32.3 Å². The summed E-state index contributed by atoms with van der Waals surface area (Å²) in [6.07, 6.45) is 0. The lowest BCUT2D eigenvalue weighted by molar-refractivity contribution is 0.529. The fourth-order valence-electron chi connectivity index (χ4n) is 1.53. The van der Waals surface area contributed by atoms with Gasteiger partial charge in [-0.1, -0.05) is 50.0 Å². The molecule has 0 spiro atoms. The van der Waals surface area contributed by atoms with Crippen LogP contribution in [0.3, 0.4) is 0 Å². The molecule has 0 aromatic heterocycles. The molecule has 0 bridgehead atoms. The highest BCUT2D eigenvalue weighted by Crippen LogP contribution is 2.26. The Morgan fingerprint density at radius 2 is 1.75 bits per heavy atom. The van der Waals surface area contributed by atoms with Gasteiger partial charge in [0.05, 0.1) is 10.0 Å². The van der Waals surface area contributed by atoms with Crippen LogP contribution in [0.25, 0.3) is 0 Å². The molecule has 0 radical (unpaired) electrons. The fraction of sp³-hybridized carbons (Fsp3) is 0.538. The molecule has 3 heteroatoms. The van der Waals surface area contributed by atoms with E-state index >= 15 is 0 Å². The third kappa shape index (κ3) is 4.32. The Morgan fingerprint density at radius 3 is 2.31 bits per heavy atom. The highest BCUT2D eigenvalue weighted by Gasteiger charge is 2.07. The summed E-state index contributed by atoms with van der Waals surface area (Å²) in [6, 6.07) is 5.85. The van der Waals surface area contributed by atoms with Gasteiger partial charge in [0, 0.05) is 6.54 Å². The minimum absolute atomic E-state index is 0.452. The minimum atomic E-state index is 0.452. The maximum atomic E-state index is 5.99. The van der Waals surface area contributed by atoms with E-state index < -0.39 is 0 Å². The van der Waals surface area contributed by atoms with Crippen LogP contribution >= 0.6 is 23.2 Å². The van der Waals surface area contributed by atoms with E-state index in [4.69, 9.17) is 23.2 Å². The van der Waals surface area contributed by atoms with Crippen molar-refractivity contribution in [2.24, 2.45) is 5.92 Å². The van der Waals surface area contributed by atoms with Crippen LogP contribution in [0, 0.1) is 5.92 Å². The zero-order chi connectivity index (χ0) is 12.1. The second-order valence-electron chi connectivity index (χ2n) is 4.63. The monoisotopic (exact) mass is 259 g/mol. The van der Waals surface area contributed by atoms with Crippen molar-refractivity contribution in [3.63, 3.8) is 0 Å². The van der Waals surface area contributed by atoms with E-state index in [1.807, 2.05) is 18.2 Å². The van der Waals surface area contributed by atoms with E-state index in [1.165, 1.54) is 5.56 Å². The second-order valence-corrected chi connectivity index (χ2v) is 5.44. The number of rotatable bonds is 5. The summed E-state index contributed by atoms with van der Waals surface area (Å²) in [4.78, 5) is 0. The van der Waals surface area contributed by atoms with Crippen LogP contribution in [0.4, 0.5) is 0 Å². The smallest absolute Gasteiger partial charge is 0.0595 e. The maximum absolute atomic E-state index is 5.99. The van der Waals surface area contributed by atoms with E-state index in [-0.39, 0.29) is 0 Å². The van der Waals surface area contributed by atoms with Crippen LogP contribution in [0.5, 0.6) is 0 Å². The Kier molecular flexibility index (Phi) is 5.60. The topological polar surface area (TPSA) is 12.0 Å². The van der Waals surface area contributed by atoms with Gasteiger partial charge in [-0.3, -0.25) is 0 Å². The first-order valence-electron chi connectivity index (χ1n) is 5.66. The molecule has 16 heavy (non-hydrogen) atoms. The van der Waals surface area contributed by atoms with Gasteiger partial charge in [-0.05, 0) is 36.1 Å². The van der Waals surface area contributed by atoms with Crippen molar-refractivity contribution < 1.29 is 0 Å². The van der Waals surface area contributed by atoms with Crippen molar-refractivity contribution in [1.82, 2.24) is 5.32 Å². The lowest BCUT2D eigenvalue weighted by atomic mass is 10.0. The molecule has 0 saturated carbocycles. The highest BCUT2D eigenvalue weighted by molar-refractivity contribution is 6.42. The van der Waals surface area contributed by atoms with Gasteiger partial charge in [0.25, 0.3) is 0 Å². The molecule has 1 unspecified atom stereocenters. The first-order chi connectivity index (χ1) is 7.50. The van der Waals surface area contributed by atoms with E-state index in [0.29, 0.717) is 21.9 Å². The molecule has 0 amide bonds. The number of halogens is 2. The van der Waals surface area contributed by atoms with Crippen molar-refractivity contribution in [3.8, 4) is 0 Å². The van der Waals surface area contributed by atoms with E-state index in [0.717, 1.165) is 13.1 Å². The summed E-state index contributed by atoms with van der Waals surface area (Å²) in [5, 5.41) is 4.69. The molecule has 0 saturated heterocycles. The summed E-state index contributed by atoms with van der Waals surface area (Å²) >= 11 is 11.9. The first-order valence-corrected chi connectivity index (χ1v) is 6.42. The van der Waals surface area contributed by atoms with Crippen LogP contribution in [0.2, 0.25) is 10.0 Å². The van der Waals surface area contributed by atoms with E-state index in [2.05, 4.69) is 26.1 Å². The van der Waals surface area contributed by atoms with Gasteiger partial charge in [-0.25, -0.2) is 0 Å². The molecule has 0 aliphatic heterocycles. The molecule has 0 aliphatic rings. The lowest BCUT2D eigenvalue weighted by Gasteiger charge is -2.15. The fourth-order valence-corrected chi connectivity index (χ4v) is 1.83. The summed E-state index contributed by atoms with van der Waals surface area (Å²) in [6.45, 7) is 8.61. The van der Waals surface area contributed by atoms with Crippen LogP contribution in [-0.4, -0.2) is 13.1 Å². The summed E-state index contributed by atoms with van der Waals surface area (Å²) in [7, 11) is 0. The van der Waals surface area contributed by atoms with Crippen molar-refractivity contribution >= 4 is 23.2 Å². The summed E-state index contributed by atoms with van der Waals surface area (Å²) < 4.78 is 0. The Balaban J connectivity index is 2.52. The normalized spacial score (nSPS) is 13.1. The number of nitrogens with one attached hydrogen (secondary N) is 1. The summed E-state index contributed by atoms with van der Waals surface area (Å²) in [5.41, 5.74) is 1.23. The number of hydrogen-bond donors (Lipinski definition) is 1. The van der Waals surface area contributed by atoms with E-state index in [1.54, 1.807) is 0 Å². The van der Waals surface area contributed by atoms with Crippen LogP contribution in [-0.2, 0) is 0 Å². The van der Waals surface area contributed by atoms with Crippen molar-refractivity contribution in [2.45, 2.75) is 26.7 Å². The SMILES string of the molecule is CC(C)CNCC(C)c1ccc(Cl)c(Cl)c1. The standard InChI is InChI=1S/C13H19Cl2N/c1-9(2)7-16-8-10(3)11-4-5-12(14)13(15)6-11/h4-6,9-10,16H,7-8H2,1-3H3. The second kappa shape index (κ2) is 6.48.